The van der Waals surface area contributed by atoms with Gasteiger partial charge in [-0.15, -0.1) is 0 Å². The summed E-state index contributed by atoms with van der Waals surface area (Å²) in [6.07, 6.45) is 0. The quantitative estimate of drug-likeness (QED) is 0.828. The molecule has 100 valence electrons. The van der Waals surface area contributed by atoms with Crippen molar-refractivity contribution in [2.45, 2.75) is 12.5 Å². The topological polar surface area (TPSA) is 20.2 Å². The summed E-state index contributed by atoms with van der Waals surface area (Å²) >= 11 is 0. The molecule has 0 radical (unpaired) electrons. The Morgan fingerprint density at radius 2 is 1.58 bits per heavy atom. The van der Waals surface area contributed by atoms with Crippen LogP contribution in [-0.4, -0.2) is 5.11 Å². The Kier molecular flexibility index (Phi) is 3.32. The van der Waals surface area contributed by atoms with Crippen molar-refractivity contribution in [1.82, 2.24) is 0 Å². The first-order chi connectivity index (χ1) is 8.84. The molecule has 0 saturated heterocycles. The van der Waals surface area contributed by atoms with E-state index in [4.69, 9.17) is 0 Å². The van der Waals surface area contributed by atoms with Gasteiger partial charge in [-0.2, -0.15) is 0 Å². The average Bonchev–Trinajstić information content (AvgIpc) is 2.31. The highest BCUT2D eigenvalue weighted by atomic mass is 19.2. The molecule has 1 N–H and O–H groups in total. The molecule has 0 aliphatic heterocycles. The van der Waals surface area contributed by atoms with Crippen molar-refractivity contribution in [1.29, 1.82) is 0 Å². The smallest absolute Gasteiger partial charge is 0.165 e. The van der Waals surface area contributed by atoms with E-state index < -0.39 is 34.4 Å². The second-order valence-corrected chi connectivity index (χ2v) is 4.30. The van der Waals surface area contributed by atoms with E-state index in [1.165, 1.54) is 6.07 Å². The van der Waals surface area contributed by atoms with Crippen LogP contribution in [-0.2, 0) is 5.60 Å². The predicted molar refractivity (Wildman–Crippen MR) is 61.4 cm³/mol. The predicted octanol–water partition coefficient (Wildman–Crippen LogP) is 3.50. The van der Waals surface area contributed by atoms with E-state index in [-0.39, 0.29) is 5.56 Å². The van der Waals surface area contributed by atoms with Crippen molar-refractivity contribution in [2.75, 3.05) is 0 Å². The van der Waals surface area contributed by atoms with E-state index in [1.807, 2.05) is 0 Å². The van der Waals surface area contributed by atoms with Crippen LogP contribution in [0.25, 0.3) is 0 Å². The number of benzene rings is 2. The molecule has 5 heteroatoms. The van der Waals surface area contributed by atoms with Crippen LogP contribution in [0, 0.1) is 23.3 Å². The molecule has 0 saturated carbocycles. The van der Waals surface area contributed by atoms with Gasteiger partial charge >= 0.3 is 0 Å². The average molecular weight is 270 g/mol. The van der Waals surface area contributed by atoms with Gasteiger partial charge in [0.2, 0.25) is 0 Å². The van der Waals surface area contributed by atoms with Gasteiger partial charge in [0.15, 0.2) is 11.6 Å². The minimum atomic E-state index is -2.11. The normalized spacial score (nSPS) is 14.2. The maximum atomic E-state index is 13.7. The Morgan fingerprint density at radius 1 is 0.895 bits per heavy atom. The van der Waals surface area contributed by atoms with Gasteiger partial charge in [0.05, 0.1) is 0 Å². The number of halogens is 4. The zero-order valence-corrected chi connectivity index (χ0v) is 9.92. The van der Waals surface area contributed by atoms with Gasteiger partial charge in [-0.3, -0.25) is 0 Å². The molecular formula is C14H10F4O. The van der Waals surface area contributed by atoms with E-state index in [9.17, 15) is 22.7 Å². The Balaban J connectivity index is 2.61. The Labute approximate surface area is 107 Å². The molecule has 0 aromatic heterocycles. The molecule has 2 aromatic carbocycles. The lowest BCUT2D eigenvalue weighted by molar-refractivity contribution is 0.0927. The molecule has 0 bridgehead atoms. The van der Waals surface area contributed by atoms with Gasteiger partial charge in [-0.1, -0.05) is 12.1 Å². The SMILES string of the molecule is CC(O)(c1ccc(F)cc1F)c1cccc(F)c1F. The third kappa shape index (κ3) is 2.33. The largest absolute Gasteiger partial charge is 0.380 e. The first kappa shape index (κ1) is 13.5. The standard InChI is InChI=1S/C14H10F4O/c1-14(19,9-6-5-8(15)7-12(9)17)10-3-2-4-11(16)13(10)18/h2-7,19H,1H3. The van der Waals surface area contributed by atoms with Crippen LogP contribution < -0.4 is 0 Å². The van der Waals surface area contributed by atoms with Crippen molar-refractivity contribution in [3.05, 3.63) is 70.8 Å². The van der Waals surface area contributed by atoms with Crippen LogP contribution in [0.4, 0.5) is 17.6 Å². The molecule has 1 atom stereocenters. The molecule has 2 rings (SSSR count). The van der Waals surface area contributed by atoms with E-state index in [0.717, 1.165) is 31.2 Å². The summed E-state index contributed by atoms with van der Waals surface area (Å²) in [4.78, 5) is 0. The van der Waals surface area contributed by atoms with E-state index >= 15 is 0 Å². The molecule has 19 heavy (non-hydrogen) atoms. The molecule has 0 aliphatic rings. The Hall–Kier alpha value is -1.88. The minimum Gasteiger partial charge on any atom is -0.380 e. The molecule has 0 amide bonds. The Bertz CT molecular complexity index is 623. The third-order valence-electron chi connectivity index (χ3n) is 2.93. The van der Waals surface area contributed by atoms with Gasteiger partial charge in [-0.25, -0.2) is 17.6 Å². The molecule has 0 fully saturated rings. The van der Waals surface area contributed by atoms with Crippen molar-refractivity contribution < 1.29 is 22.7 Å². The summed E-state index contributed by atoms with van der Waals surface area (Å²) in [6, 6.07) is 5.72. The number of rotatable bonds is 2. The van der Waals surface area contributed by atoms with Crippen molar-refractivity contribution in [3.63, 3.8) is 0 Å². The highest BCUT2D eigenvalue weighted by Crippen LogP contribution is 2.33. The number of aliphatic hydroxyl groups is 1. The Morgan fingerprint density at radius 3 is 2.21 bits per heavy atom. The maximum absolute atomic E-state index is 13.7. The lowest BCUT2D eigenvalue weighted by Crippen LogP contribution is -2.26. The van der Waals surface area contributed by atoms with Crippen molar-refractivity contribution >= 4 is 0 Å². The highest BCUT2D eigenvalue weighted by Gasteiger charge is 2.32. The number of hydrogen-bond donors (Lipinski definition) is 1. The van der Waals surface area contributed by atoms with Crippen molar-refractivity contribution in [2.24, 2.45) is 0 Å². The van der Waals surface area contributed by atoms with Gasteiger partial charge in [-0.05, 0) is 25.1 Å². The zero-order chi connectivity index (χ0) is 14.2. The molecule has 0 heterocycles. The first-order valence-electron chi connectivity index (χ1n) is 5.46. The summed E-state index contributed by atoms with van der Waals surface area (Å²) in [5, 5.41) is 10.3. The summed E-state index contributed by atoms with van der Waals surface area (Å²) in [6.45, 7) is 1.11. The summed E-state index contributed by atoms with van der Waals surface area (Å²) in [7, 11) is 0. The monoisotopic (exact) mass is 270 g/mol. The van der Waals surface area contributed by atoms with Gasteiger partial charge in [0.1, 0.15) is 17.2 Å². The molecule has 1 unspecified atom stereocenters. The minimum absolute atomic E-state index is 0.335. The van der Waals surface area contributed by atoms with Gasteiger partial charge < -0.3 is 5.11 Å². The molecule has 2 aromatic rings. The zero-order valence-electron chi connectivity index (χ0n) is 9.92. The fourth-order valence-electron chi connectivity index (χ4n) is 1.91. The van der Waals surface area contributed by atoms with Crippen LogP contribution in [0.5, 0.6) is 0 Å². The third-order valence-corrected chi connectivity index (χ3v) is 2.93. The van der Waals surface area contributed by atoms with Crippen molar-refractivity contribution in [3.8, 4) is 0 Å². The molecule has 0 aliphatic carbocycles. The van der Waals surface area contributed by atoms with Gasteiger partial charge in [0, 0.05) is 17.2 Å². The molecule has 0 spiro atoms. The summed E-state index contributed by atoms with van der Waals surface area (Å²) < 4.78 is 53.3. The van der Waals surface area contributed by atoms with Crippen LogP contribution in [0.2, 0.25) is 0 Å². The second kappa shape index (κ2) is 4.66. The summed E-state index contributed by atoms with van der Waals surface area (Å²) in [5.74, 6) is -4.28. The van der Waals surface area contributed by atoms with E-state index in [1.54, 1.807) is 0 Å². The van der Waals surface area contributed by atoms with E-state index in [0.29, 0.717) is 6.07 Å². The lowest BCUT2D eigenvalue weighted by atomic mass is 9.87. The van der Waals surface area contributed by atoms with E-state index in [2.05, 4.69) is 0 Å². The first-order valence-corrected chi connectivity index (χ1v) is 5.46. The van der Waals surface area contributed by atoms with Crippen LogP contribution in [0.15, 0.2) is 36.4 Å². The molecule has 1 nitrogen and oxygen atoms in total. The van der Waals surface area contributed by atoms with Gasteiger partial charge in [0.25, 0.3) is 0 Å². The fourth-order valence-corrected chi connectivity index (χ4v) is 1.91. The number of hydrogen-bond acceptors (Lipinski definition) is 1. The van der Waals surface area contributed by atoms with Crippen LogP contribution in [0.1, 0.15) is 18.1 Å². The maximum Gasteiger partial charge on any atom is 0.165 e. The fraction of sp³-hybridized carbons (Fsp3) is 0.143. The van der Waals surface area contributed by atoms with Crippen LogP contribution >= 0.6 is 0 Å². The lowest BCUT2D eigenvalue weighted by Gasteiger charge is -2.25. The van der Waals surface area contributed by atoms with Crippen LogP contribution in [0.3, 0.4) is 0 Å². The molecular weight excluding hydrogens is 260 g/mol. The second-order valence-electron chi connectivity index (χ2n) is 4.30. The highest BCUT2D eigenvalue weighted by molar-refractivity contribution is 5.37. The summed E-state index contributed by atoms with van der Waals surface area (Å²) in [5.41, 5.74) is -2.86.